The predicted molar refractivity (Wildman–Crippen MR) is 288 cm³/mol. The molecule has 6 nitrogen and oxygen atoms in total. The normalized spacial score (nSPS) is 12.9. The highest BCUT2D eigenvalue weighted by molar-refractivity contribution is 5.72. The number of ether oxygens (including phenoxy) is 3. The average Bonchev–Trinajstić information content (AvgIpc) is 3.33. The zero-order chi connectivity index (χ0) is 48.6. The Hall–Kier alpha value is -3.93. The second-order valence-electron chi connectivity index (χ2n) is 17.8. The zero-order valence-corrected chi connectivity index (χ0v) is 43.4. The highest BCUT2D eigenvalue weighted by atomic mass is 16.6. The van der Waals surface area contributed by atoms with Gasteiger partial charge < -0.3 is 14.2 Å². The van der Waals surface area contributed by atoms with Crippen LogP contribution in [-0.4, -0.2) is 37.2 Å². The van der Waals surface area contributed by atoms with E-state index in [9.17, 15) is 14.4 Å². The summed E-state index contributed by atoms with van der Waals surface area (Å²) in [5.41, 5.74) is 0. The summed E-state index contributed by atoms with van der Waals surface area (Å²) in [6.07, 6.45) is 73.8. The summed E-state index contributed by atoms with van der Waals surface area (Å²) < 4.78 is 16.7. The fourth-order valence-corrected chi connectivity index (χ4v) is 7.16. The summed E-state index contributed by atoms with van der Waals surface area (Å²) in [6, 6.07) is 0. The number of esters is 3. The van der Waals surface area contributed by atoms with E-state index in [2.05, 4.69) is 118 Å². The molecule has 1 atom stereocenters. The number of allylic oxidation sites excluding steroid dienone is 17. The topological polar surface area (TPSA) is 78.9 Å². The molecule has 0 saturated heterocycles. The number of rotatable bonds is 48. The van der Waals surface area contributed by atoms with Gasteiger partial charge in [-0.25, -0.2) is 0 Å². The number of hydrogen-bond donors (Lipinski definition) is 0. The van der Waals surface area contributed by atoms with Gasteiger partial charge in [0.15, 0.2) is 6.10 Å². The summed E-state index contributed by atoms with van der Waals surface area (Å²) in [7, 11) is 0. The quantitative estimate of drug-likeness (QED) is 0.0262. The maximum Gasteiger partial charge on any atom is 0.309 e. The maximum atomic E-state index is 12.8. The van der Waals surface area contributed by atoms with Crippen molar-refractivity contribution in [2.24, 2.45) is 0 Å². The van der Waals surface area contributed by atoms with Crippen LogP contribution < -0.4 is 0 Å². The molecule has 0 N–H and O–H groups in total. The molecule has 380 valence electrons. The van der Waals surface area contributed by atoms with E-state index in [1.54, 1.807) is 6.08 Å². The molecule has 0 aliphatic heterocycles. The van der Waals surface area contributed by atoms with Crippen molar-refractivity contribution in [3.05, 3.63) is 109 Å². The van der Waals surface area contributed by atoms with E-state index in [0.29, 0.717) is 6.42 Å². The number of carbonyl (C=O) groups excluding carboxylic acids is 3. The van der Waals surface area contributed by atoms with Crippen LogP contribution in [0.5, 0.6) is 0 Å². The van der Waals surface area contributed by atoms with Crippen LogP contribution in [0.2, 0.25) is 0 Å². The van der Waals surface area contributed by atoms with Gasteiger partial charge >= 0.3 is 17.9 Å². The highest BCUT2D eigenvalue weighted by Crippen LogP contribution is 2.13. The van der Waals surface area contributed by atoms with Crippen LogP contribution in [0.1, 0.15) is 239 Å². The van der Waals surface area contributed by atoms with E-state index in [0.717, 1.165) is 109 Å². The minimum atomic E-state index is -0.830. The third kappa shape index (κ3) is 52.9. The molecule has 0 aromatic rings. The van der Waals surface area contributed by atoms with Crippen molar-refractivity contribution < 1.29 is 28.6 Å². The van der Waals surface area contributed by atoms with Crippen LogP contribution in [0.3, 0.4) is 0 Å². The maximum absolute atomic E-state index is 12.8. The van der Waals surface area contributed by atoms with E-state index >= 15 is 0 Å². The molecule has 0 amide bonds. The smallest absolute Gasteiger partial charge is 0.309 e. The lowest BCUT2D eigenvalue weighted by Gasteiger charge is -2.18. The van der Waals surface area contributed by atoms with Gasteiger partial charge in [0, 0.05) is 12.8 Å². The Bertz CT molecular complexity index is 1390. The Morgan fingerprint density at radius 3 is 1.04 bits per heavy atom. The lowest BCUT2D eigenvalue weighted by atomic mass is 10.1. The highest BCUT2D eigenvalue weighted by Gasteiger charge is 2.19. The average molecular weight is 929 g/mol. The van der Waals surface area contributed by atoms with Crippen LogP contribution in [0, 0.1) is 0 Å². The first-order chi connectivity index (χ1) is 33.0. The summed E-state index contributed by atoms with van der Waals surface area (Å²) in [5, 5.41) is 0. The molecule has 0 rings (SSSR count). The van der Waals surface area contributed by atoms with Crippen molar-refractivity contribution in [3.8, 4) is 0 Å². The van der Waals surface area contributed by atoms with Gasteiger partial charge in [0.25, 0.3) is 0 Å². The lowest BCUT2D eigenvalue weighted by molar-refractivity contribution is -0.166. The summed E-state index contributed by atoms with van der Waals surface area (Å²) in [4.78, 5) is 38.0. The first-order valence-electron chi connectivity index (χ1n) is 27.4. The van der Waals surface area contributed by atoms with Gasteiger partial charge in [-0.2, -0.15) is 0 Å². The Kier molecular flexibility index (Phi) is 51.5. The molecule has 0 radical (unpaired) electrons. The molecule has 1 unspecified atom stereocenters. The lowest BCUT2D eigenvalue weighted by Crippen LogP contribution is -2.30. The largest absolute Gasteiger partial charge is 0.462 e. The molecule has 0 spiro atoms. The third-order valence-electron chi connectivity index (χ3n) is 11.3. The van der Waals surface area contributed by atoms with Crippen LogP contribution in [-0.2, 0) is 28.6 Å². The van der Waals surface area contributed by atoms with E-state index < -0.39 is 12.1 Å². The molecule has 0 heterocycles. The van der Waals surface area contributed by atoms with Crippen molar-refractivity contribution in [2.75, 3.05) is 13.2 Å². The van der Waals surface area contributed by atoms with E-state index in [-0.39, 0.29) is 38.0 Å². The first kappa shape index (κ1) is 63.1. The standard InChI is InChI=1S/C61H100O6/c1-4-7-10-13-16-19-22-25-28-30-31-34-36-39-42-45-48-51-54-60(63)66-57-58(56-65-59(62)53-50-47-44-41-38-35-32-27-24-21-18-15-12-9-6-3)67-61(64)55-52-49-46-43-40-37-33-29-26-23-20-17-14-11-8-5-2/h9,12,18-23,27-30,32-33,38,41,47,50,58H,4-8,10-11,13-17,24-26,31,34-37,39-40,42-46,48-49,51-57H2,1-3H3/b12-9-,21-18-,22-19-,23-20-,30-28-,32-27-,33-29-,41-38-,50-47-. The Morgan fingerprint density at radius 1 is 0.328 bits per heavy atom. The van der Waals surface area contributed by atoms with Crippen molar-refractivity contribution >= 4 is 17.9 Å². The monoisotopic (exact) mass is 929 g/mol. The Balaban J connectivity index is 4.54. The summed E-state index contributed by atoms with van der Waals surface area (Å²) in [5.74, 6) is -1.08. The van der Waals surface area contributed by atoms with Gasteiger partial charge in [-0.05, 0) is 109 Å². The van der Waals surface area contributed by atoms with Gasteiger partial charge in [-0.3, -0.25) is 14.4 Å². The molecule has 0 fully saturated rings. The van der Waals surface area contributed by atoms with Crippen LogP contribution in [0.4, 0.5) is 0 Å². The molecule has 0 saturated carbocycles. The first-order valence-corrected chi connectivity index (χ1v) is 27.4. The molecule has 0 bridgehead atoms. The molecule has 0 aromatic heterocycles. The molecule has 0 aliphatic rings. The van der Waals surface area contributed by atoms with Crippen LogP contribution in [0.25, 0.3) is 0 Å². The fourth-order valence-electron chi connectivity index (χ4n) is 7.16. The second kappa shape index (κ2) is 54.7. The molecular formula is C61H100O6. The van der Waals surface area contributed by atoms with Crippen LogP contribution >= 0.6 is 0 Å². The van der Waals surface area contributed by atoms with Crippen molar-refractivity contribution in [3.63, 3.8) is 0 Å². The van der Waals surface area contributed by atoms with Gasteiger partial charge in [0.2, 0.25) is 0 Å². The van der Waals surface area contributed by atoms with Gasteiger partial charge in [-0.15, -0.1) is 0 Å². The third-order valence-corrected chi connectivity index (χ3v) is 11.3. The Morgan fingerprint density at radius 2 is 0.642 bits per heavy atom. The Labute approximate surface area is 412 Å². The second-order valence-corrected chi connectivity index (χ2v) is 17.8. The number of hydrogen-bond acceptors (Lipinski definition) is 6. The van der Waals surface area contributed by atoms with Gasteiger partial charge in [0.05, 0.1) is 6.42 Å². The molecule has 67 heavy (non-hydrogen) atoms. The minimum Gasteiger partial charge on any atom is -0.462 e. The van der Waals surface area contributed by atoms with Crippen molar-refractivity contribution in [1.82, 2.24) is 0 Å². The number of carbonyl (C=O) groups is 3. The fraction of sp³-hybridized carbons (Fsp3) is 0.656. The van der Waals surface area contributed by atoms with Gasteiger partial charge in [-0.1, -0.05) is 220 Å². The van der Waals surface area contributed by atoms with Gasteiger partial charge in [0.1, 0.15) is 13.2 Å². The SMILES string of the molecule is CC/C=C\C/C=C\C/C=C\C/C=C\C/C=C\CC(=O)OCC(COC(=O)CCCCCCCCC/C=C\C/C=C\CCCCCC)OC(=O)CCCCCCC/C=C\C/C=C\CCCCCC. The molecule has 0 aliphatic carbocycles. The molecule has 6 heteroatoms. The van der Waals surface area contributed by atoms with Crippen LogP contribution in [0.15, 0.2) is 109 Å². The summed E-state index contributed by atoms with van der Waals surface area (Å²) in [6.45, 7) is 6.38. The minimum absolute atomic E-state index is 0.119. The van der Waals surface area contributed by atoms with E-state index in [1.165, 1.54) is 89.9 Å². The molecule has 0 aromatic carbocycles. The summed E-state index contributed by atoms with van der Waals surface area (Å²) >= 11 is 0. The zero-order valence-electron chi connectivity index (χ0n) is 43.4. The predicted octanol–water partition coefficient (Wildman–Crippen LogP) is 18.3. The van der Waals surface area contributed by atoms with E-state index in [4.69, 9.17) is 14.2 Å². The van der Waals surface area contributed by atoms with Crippen molar-refractivity contribution in [2.45, 2.75) is 245 Å². The van der Waals surface area contributed by atoms with E-state index in [1.807, 2.05) is 6.08 Å². The van der Waals surface area contributed by atoms with Crippen molar-refractivity contribution in [1.29, 1.82) is 0 Å². The number of unbranched alkanes of at least 4 members (excludes halogenated alkanes) is 20. The molecular weight excluding hydrogens is 829 g/mol.